The highest BCUT2D eigenvalue weighted by Crippen LogP contribution is 2.29. The smallest absolute Gasteiger partial charge is 0.0182 e. The molecule has 0 atom stereocenters. The molecule has 1 fully saturated rings. The summed E-state index contributed by atoms with van der Waals surface area (Å²) in [6.07, 6.45) is 14.6. The van der Waals surface area contributed by atoms with Crippen LogP contribution in [0, 0.1) is 5.92 Å². The van der Waals surface area contributed by atoms with Crippen molar-refractivity contribution in [3.8, 4) is 0 Å². The van der Waals surface area contributed by atoms with Crippen molar-refractivity contribution in [2.75, 3.05) is 0 Å². The summed E-state index contributed by atoms with van der Waals surface area (Å²) in [7, 11) is 0. The average Bonchev–Trinajstić information content (AvgIpc) is 2.16. The second-order valence-electron chi connectivity index (χ2n) is 3.89. The third kappa shape index (κ3) is 4.56. The maximum atomic E-state index is 4.48. The van der Waals surface area contributed by atoms with Gasteiger partial charge < -0.3 is 0 Å². The van der Waals surface area contributed by atoms with Gasteiger partial charge in [0.25, 0.3) is 0 Å². The maximum absolute atomic E-state index is 4.48. The molecule has 13 heavy (non-hydrogen) atoms. The van der Waals surface area contributed by atoms with Crippen LogP contribution in [-0.4, -0.2) is 0 Å². The Labute approximate surface area is 87.5 Å². The van der Waals surface area contributed by atoms with Gasteiger partial charge >= 0.3 is 0 Å². The minimum Gasteiger partial charge on any atom is -0.148 e. The summed E-state index contributed by atoms with van der Waals surface area (Å²) in [5, 5.41) is 0. The number of hydrogen-bond donors (Lipinski definition) is 1. The lowest BCUT2D eigenvalue weighted by molar-refractivity contribution is 0.360. The van der Waals surface area contributed by atoms with Crippen molar-refractivity contribution in [1.29, 1.82) is 0 Å². The van der Waals surface area contributed by atoms with E-state index < -0.39 is 0 Å². The molecule has 1 rings (SSSR count). The highest BCUT2D eigenvalue weighted by atomic mass is 32.1. The van der Waals surface area contributed by atoms with Crippen LogP contribution < -0.4 is 0 Å². The SMILES string of the molecule is C/C=C\C=C(\S)CC1CCCCC1. The van der Waals surface area contributed by atoms with Gasteiger partial charge in [-0.25, -0.2) is 0 Å². The summed E-state index contributed by atoms with van der Waals surface area (Å²) in [6.45, 7) is 2.04. The fraction of sp³-hybridized carbons (Fsp3) is 0.667. The Morgan fingerprint density at radius 1 is 1.31 bits per heavy atom. The minimum absolute atomic E-state index is 0.905. The van der Waals surface area contributed by atoms with E-state index in [0.717, 1.165) is 5.92 Å². The van der Waals surface area contributed by atoms with E-state index in [1.165, 1.54) is 43.4 Å². The van der Waals surface area contributed by atoms with Gasteiger partial charge in [0.1, 0.15) is 0 Å². The Bertz CT molecular complexity index is 185. The van der Waals surface area contributed by atoms with Crippen molar-refractivity contribution in [3.05, 3.63) is 23.1 Å². The van der Waals surface area contributed by atoms with E-state index in [1.807, 2.05) is 6.92 Å². The number of thiol groups is 1. The van der Waals surface area contributed by atoms with Gasteiger partial charge in [0, 0.05) is 0 Å². The monoisotopic (exact) mass is 196 g/mol. The van der Waals surface area contributed by atoms with Crippen LogP contribution in [0.25, 0.3) is 0 Å². The normalized spacial score (nSPS) is 21.2. The molecule has 0 nitrogen and oxygen atoms in total. The Kier molecular flexibility index (Phi) is 5.29. The van der Waals surface area contributed by atoms with Crippen LogP contribution in [0.3, 0.4) is 0 Å². The second kappa shape index (κ2) is 6.31. The van der Waals surface area contributed by atoms with Crippen LogP contribution >= 0.6 is 12.6 Å². The zero-order valence-corrected chi connectivity index (χ0v) is 9.39. The highest BCUT2D eigenvalue weighted by Gasteiger charge is 2.13. The molecule has 0 aromatic rings. The molecule has 0 heterocycles. The third-order valence-corrected chi connectivity index (χ3v) is 3.04. The molecule has 0 amide bonds. The largest absolute Gasteiger partial charge is 0.148 e. The molecule has 1 heteroatoms. The minimum atomic E-state index is 0.905. The van der Waals surface area contributed by atoms with Crippen LogP contribution in [0.15, 0.2) is 23.1 Å². The van der Waals surface area contributed by atoms with Crippen molar-refractivity contribution in [3.63, 3.8) is 0 Å². The van der Waals surface area contributed by atoms with Gasteiger partial charge in [-0.15, -0.1) is 12.6 Å². The van der Waals surface area contributed by atoms with E-state index in [4.69, 9.17) is 0 Å². The van der Waals surface area contributed by atoms with E-state index >= 15 is 0 Å². The first-order chi connectivity index (χ1) is 6.33. The van der Waals surface area contributed by atoms with E-state index in [0.29, 0.717) is 0 Å². The topological polar surface area (TPSA) is 0 Å². The summed E-state index contributed by atoms with van der Waals surface area (Å²) in [5.41, 5.74) is 0. The third-order valence-electron chi connectivity index (χ3n) is 2.70. The second-order valence-corrected chi connectivity index (χ2v) is 4.47. The molecule has 0 radical (unpaired) electrons. The van der Waals surface area contributed by atoms with Crippen LogP contribution in [-0.2, 0) is 0 Å². The van der Waals surface area contributed by atoms with E-state index in [-0.39, 0.29) is 0 Å². The molecule has 0 aromatic carbocycles. The first kappa shape index (κ1) is 10.9. The molecule has 0 saturated heterocycles. The van der Waals surface area contributed by atoms with Crippen molar-refractivity contribution in [2.24, 2.45) is 5.92 Å². The van der Waals surface area contributed by atoms with Gasteiger partial charge in [0.05, 0.1) is 0 Å². The quantitative estimate of drug-likeness (QED) is 0.503. The molecule has 74 valence electrons. The first-order valence-corrected chi connectivity index (χ1v) is 5.78. The molecule has 0 aliphatic heterocycles. The summed E-state index contributed by atoms with van der Waals surface area (Å²) >= 11 is 4.48. The molecule has 0 spiro atoms. The fourth-order valence-electron chi connectivity index (χ4n) is 1.96. The van der Waals surface area contributed by atoms with Crippen molar-refractivity contribution < 1.29 is 0 Å². The van der Waals surface area contributed by atoms with Crippen molar-refractivity contribution in [2.45, 2.75) is 45.4 Å². The fourth-order valence-corrected chi connectivity index (χ4v) is 2.31. The van der Waals surface area contributed by atoms with E-state index in [9.17, 15) is 0 Å². The highest BCUT2D eigenvalue weighted by molar-refractivity contribution is 7.84. The standard InChI is InChI=1S/C12H20S/c1-2-3-9-12(13)10-11-7-5-4-6-8-11/h2-3,9,11,13H,4-8,10H2,1H3/b3-2-,12-9+. The van der Waals surface area contributed by atoms with Crippen LogP contribution in [0.5, 0.6) is 0 Å². The molecule has 1 aliphatic carbocycles. The molecular formula is C12H20S. The predicted octanol–water partition coefficient (Wildman–Crippen LogP) is 4.35. The molecule has 1 aliphatic rings. The van der Waals surface area contributed by atoms with E-state index in [2.05, 4.69) is 30.9 Å². The number of allylic oxidation sites excluding steroid dienone is 4. The number of rotatable bonds is 3. The zero-order chi connectivity index (χ0) is 9.52. The van der Waals surface area contributed by atoms with Gasteiger partial charge in [0.2, 0.25) is 0 Å². The molecule has 0 bridgehead atoms. The molecule has 0 N–H and O–H groups in total. The summed E-state index contributed by atoms with van der Waals surface area (Å²) in [6, 6.07) is 0. The average molecular weight is 196 g/mol. The van der Waals surface area contributed by atoms with Gasteiger partial charge in [-0.3, -0.25) is 0 Å². The lowest BCUT2D eigenvalue weighted by Gasteiger charge is -2.21. The molecule has 0 aromatic heterocycles. The van der Waals surface area contributed by atoms with Gasteiger partial charge in [0.15, 0.2) is 0 Å². The van der Waals surface area contributed by atoms with Gasteiger partial charge in [-0.2, -0.15) is 0 Å². The summed E-state index contributed by atoms with van der Waals surface area (Å²) < 4.78 is 0. The lowest BCUT2D eigenvalue weighted by atomic mass is 9.87. The van der Waals surface area contributed by atoms with Gasteiger partial charge in [-0.05, 0) is 24.2 Å². The summed E-state index contributed by atoms with van der Waals surface area (Å²) in [5.74, 6) is 0.905. The van der Waals surface area contributed by atoms with Gasteiger partial charge in [-0.1, -0.05) is 50.3 Å². The van der Waals surface area contributed by atoms with Crippen molar-refractivity contribution in [1.82, 2.24) is 0 Å². The Balaban J connectivity index is 2.29. The van der Waals surface area contributed by atoms with Crippen LogP contribution in [0.1, 0.15) is 45.4 Å². The predicted molar refractivity (Wildman–Crippen MR) is 63.1 cm³/mol. The van der Waals surface area contributed by atoms with Crippen LogP contribution in [0.4, 0.5) is 0 Å². The Morgan fingerprint density at radius 2 is 2.00 bits per heavy atom. The Hall–Kier alpha value is -0.170. The molecule has 0 unspecified atom stereocenters. The first-order valence-electron chi connectivity index (χ1n) is 5.33. The van der Waals surface area contributed by atoms with Crippen molar-refractivity contribution >= 4 is 12.6 Å². The molecule has 1 saturated carbocycles. The lowest BCUT2D eigenvalue weighted by Crippen LogP contribution is -2.05. The zero-order valence-electron chi connectivity index (χ0n) is 8.50. The molecular weight excluding hydrogens is 176 g/mol. The number of hydrogen-bond acceptors (Lipinski definition) is 1. The summed E-state index contributed by atoms with van der Waals surface area (Å²) in [4.78, 5) is 1.24. The van der Waals surface area contributed by atoms with Crippen LogP contribution in [0.2, 0.25) is 0 Å². The Morgan fingerprint density at radius 3 is 2.62 bits per heavy atom. The van der Waals surface area contributed by atoms with E-state index in [1.54, 1.807) is 0 Å². The maximum Gasteiger partial charge on any atom is -0.0182 e.